The van der Waals surface area contributed by atoms with E-state index < -0.39 is 0 Å². The molecule has 3 heteroatoms. The lowest BCUT2D eigenvalue weighted by molar-refractivity contribution is 0.520. The van der Waals surface area contributed by atoms with Crippen molar-refractivity contribution >= 4 is 64.3 Å². The summed E-state index contributed by atoms with van der Waals surface area (Å²) in [6.07, 6.45) is 35.2. The van der Waals surface area contributed by atoms with Crippen molar-refractivity contribution in [2.75, 3.05) is 11.4 Å². The van der Waals surface area contributed by atoms with Crippen molar-refractivity contribution in [3.05, 3.63) is 305 Å². The molecule has 414 valence electrons. The molecule has 8 aromatic rings. The maximum Gasteiger partial charge on any atom is 0.0413 e. The van der Waals surface area contributed by atoms with Gasteiger partial charge in [-0.2, -0.15) is 0 Å². The van der Waals surface area contributed by atoms with E-state index in [4.69, 9.17) is 6.58 Å². The van der Waals surface area contributed by atoms with Gasteiger partial charge in [0.15, 0.2) is 0 Å². The van der Waals surface area contributed by atoms with Crippen molar-refractivity contribution < 1.29 is 0 Å². The van der Waals surface area contributed by atoms with Gasteiger partial charge >= 0.3 is 0 Å². The third-order valence-corrected chi connectivity index (χ3v) is 16.8. The van der Waals surface area contributed by atoms with Gasteiger partial charge in [-0.15, -0.1) is 29.3 Å². The molecule has 0 unspecified atom stereocenters. The summed E-state index contributed by atoms with van der Waals surface area (Å²) in [5, 5.41) is 2.13. The van der Waals surface area contributed by atoms with Gasteiger partial charge in [0.25, 0.3) is 0 Å². The number of benzene rings is 6. The van der Waals surface area contributed by atoms with Gasteiger partial charge in [0, 0.05) is 43.5 Å². The lowest BCUT2D eigenvalue weighted by Crippen LogP contribution is -2.22. The summed E-state index contributed by atoms with van der Waals surface area (Å²) >= 11 is 3.57. The number of fused-ring (bicyclic) bond motifs is 5. The molecule has 6 aromatic carbocycles. The molecule has 82 heavy (non-hydrogen) atoms. The van der Waals surface area contributed by atoms with Gasteiger partial charge in [-0.3, -0.25) is 0 Å². The average molecular weight is 1110 g/mol. The third-order valence-electron chi connectivity index (χ3n) is 14.9. The first-order chi connectivity index (χ1) is 40.2. The Balaban J connectivity index is 0.000000180. The summed E-state index contributed by atoms with van der Waals surface area (Å²) in [7, 11) is 0. The van der Waals surface area contributed by atoms with E-state index >= 15 is 0 Å². The first kappa shape index (κ1) is 61.3. The number of hydrogen-bond donors (Lipinski definition) is 0. The second-order valence-electron chi connectivity index (χ2n) is 19.9. The molecule has 1 nitrogen and oxygen atoms in total. The maximum absolute atomic E-state index is 4.71. The smallest absolute Gasteiger partial charge is 0.0413 e. The van der Waals surface area contributed by atoms with E-state index in [-0.39, 0.29) is 0 Å². The summed E-state index contributed by atoms with van der Waals surface area (Å²) in [6, 6.07) is 56.4. The third kappa shape index (κ3) is 14.4. The fraction of sp³-hybridized carbons (Fsp3) is 0.165. The van der Waals surface area contributed by atoms with Crippen molar-refractivity contribution in [2.45, 2.75) is 79.1 Å². The van der Waals surface area contributed by atoms with E-state index in [2.05, 4.69) is 220 Å². The summed E-state index contributed by atoms with van der Waals surface area (Å²) in [5.41, 5.74) is 22.0. The van der Waals surface area contributed by atoms with Crippen molar-refractivity contribution in [1.82, 2.24) is 0 Å². The molecule has 2 heterocycles. The van der Waals surface area contributed by atoms with E-state index in [1.165, 1.54) is 113 Å². The number of anilines is 1. The number of rotatable bonds is 15. The molecule has 1 spiro atoms. The van der Waals surface area contributed by atoms with Crippen molar-refractivity contribution in [2.24, 2.45) is 0 Å². The first-order valence-corrected chi connectivity index (χ1v) is 30.7. The molecule has 0 bridgehead atoms. The van der Waals surface area contributed by atoms with Gasteiger partial charge in [0.2, 0.25) is 0 Å². The number of nitrogens with zero attached hydrogens (tertiary/aromatic N) is 1. The SMILES string of the molecule is C=C/C=C\C.C=CCN(C(=C)/C=C\C=C/C)c1ccccc1.C=Cc1ccc(-c2cc(-c3ccccc3)c3c(c2-c2ccccc2)C(=C)c2c(/C=C\C)cccc2-3)s1.CC.CCC1=Cc2ccc(/C=C/c3cccs3)cc2C12CCCC2. The molecule has 3 aliphatic rings. The van der Waals surface area contributed by atoms with Crippen LogP contribution in [-0.2, 0) is 5.41 Å². The molecule has 0 saturated heterocycles. The molecule has 1 fully saturated rings. The minimum absolute atomic E-state index is 0.372. The van der Waals surface area contributed by atoms with Crippen LogP contribution in [0.3, 0.4) is 0 Å². The predicted molar refractivity (Wildman–Crippen MR) is 371 cm³/mol. The largest absolute Gasteiger partial charge is 0.338 e. The highest BCUT2D eigenvalue weighted by Crippen LogP contribution is 2.57. The monoisotopic (exact) mass is 1110 g/mol. The van der Waals surface area contributed by atoms with Gasteiger partial charge in [0.1, 0.15) is 0 Å². The normalized spacial score (nSPS) is 13.3. The first-order valence-electron chi connectivity index (χ1n) is 29.0. The quantitative estimate of drug-likeness (QED) is 0.0730. The van der Waals surface area contributed by atoms with E-state index in [1.807, 2.05) is 94.5 Å². The molecule has 11 rings (SSSR count). The number of allylic oxidation sites excluding steroid dienone is 9. The average Bonchev–Trinajstić information content (AvgIpc) is 2.41. The molecule has 0 atom stereocenters. The number of para-hydroxylation sites is 1. The molecular formula is C79H81NS2. The Morgan fingerprint density at radius 2 is 1.30 bits per heavy atom. The fourth-order valence-corrected chi connectivity index (χ4v) is 12.8. The topological polar surface area (TPSA) is 3.24 Å². The Morgan fingerprint density at radius 1 is 0.610 bits per heavy atom. The molecule has 1 saturated carbocycles. The predicted octanol–water partition coefficient (Wildman–Crippen LogP) is 24.1. The van der Waals surface area contributed by atoms with Crippen LogP contribution in [0.5, 0.6) is 0 Å². The van der Waals surface area contributed by atoms with Crippen molar-refractivity contribution in [1.29, 1.82) is 0 Å². The summed E-state index contributed by atoms with van der Waals surface area (Å²) in [6.45, 7) is 33.1. The van der Waals surface area contributed by atoms with E-state index in [0.717, 1.165) is 23.5 Å². The summed E-state index contributed by atoms with van der Waals surface area (Å²) in [4.78, 5) is 5.85. The Bertz CT molecular complexity index is 3600. The minimum Gasteiger partial charge on any atom is -0.338 e. The lowest BCUT2D eigenvalue weighted by Gasteiger charge is -2.29. The maximum atomic E-state index is 4.71. The molecular weight excluding hydrogens is 1030 g/mol. The fourth-order valence-electron chi connectivity index (χ4n) is 11.3. The zero-order valence-corrected chi connectivity index (χ0v) is 50.8. The second kappa shape index (κ2) is 31.0. The molecule has 2 aromatic heterocycles. The van der Waals surface area contributed by atoms with Gasteiger partial charge in [-0.1, -0.05) is 260 Å². The molecule has 3 aliphatic carbocycles. The molecule has 0 aliphatic heterocycles. The van der Waals surface area contributed by atoms with Crippen molar-refractivity contribution in [3.63, 3.8) is 0 Å². The highest BCUT2D eigenvalue weighted by molar-refractivity contribution is 7.16. The number of thiophene rings is 2. The van der Waals surface area contributed by atoms with E-state index in [1.54, 1.807) is 39.9 Å². The zero-order valence-electron chi connectivity index (χ0n) is 49.2. The molecule has 0 radical (unpaired) electrons. The van der Waals surface area contributed by atoms with Crippen LogP contribution >= 0.6 is 22.7 Å². The van der Waals surface area contributed by atoms with Crippen LogP contribution in [0.4, 0.5) is 5.69 Å². The van der Waals surface area contributed by atoms with Crippen LogP contribution in [0.2, 0.25) is 0 Å². The second-order valence-corrected chi connectivity index (χ2v) is 22.0. The highest BCUT2D eigenvalue weighted by atomic mass is 32.1. The standard InChI is InChI=1S/C35H26S.C21H22S.C16H19N.C5H8.C2H6/c1-4-13-25-18-12-19-28-32(25)23(3)33-34(26-16-10-7-11-17-26)30(31-21-20-27(5-2)36-31)22-29(35(28)33)24-14-8-6-9-15-24;1-2-18-15-17-9-7-16(8-10-19-6-5-13-22-19)14-20(17)21(18)11-3-4-12-21;1-4-6-8-11-15(3)17(14-5-2)16-12-9-7-10-13-16;1-3-5-4-2;1-2/h4-22H,2-3H2,1H3;5-10,13-15H,2-4,11-12H2,1H3;4-13H,2-3,14H2,1H3;3-5H,1H2,2H3;1-2H3/b13-4-;10-8+;6-4-,11-8-;5-4-;. The van der Waals surface area contributed by atoms with Gasteiger partial charge in [0.05, 0.1) is 0 Å². The van der Waals surface area contributed by atoms with Crippen molar-refractivity contribution in [3.8, 4) is 43.8 Å². The summed E-state index contributed by atoms with van der Waals surface area (Å²) < 4.78 is 0. The molecule has 0 N–H and O–H groups in total. The van der Waals surface area contributed by atoms with Crippen LogP contribution < -0.4 is 4.90 Å². The van der Waals surface area contributed by atoms with Crippen LogP contribution in [0.25, 0.3) is 79.8 Å². The van der Waals surface area contributed by atoms with Crippen LogP contribution in [-0.4, -0.2) is 6.54 Å². The highest BCUT2D eigenvalue weighted by Gasteiger charge is 2.42. The van der Waals surface area contributed by atoms with Gasteiger partial charge in [-0.05, 0) is 166 Å². The molecule has 0 amide bonds. The van der Waals surface area contributed by atoms with Crippen LogP contribution in [0.1, 0.15) is 117 Å². The Morgan fingerprint density at radius 3 is 1.90 bits per heavy atom. The van der Waals surface area contributed by atoms with Crippen LogP contribution in [0, 0.1) is 0 Å². The Hall–Kier alpha value is -8.34. The Kier molecular flexibility index (Phi) is 23.2. The number of hydrogen-bond acceptors (Lipinski definition) is 3. The minimum atomic E-state index is 0.372. The van der Waals surface area contributed by atoms with E-state index in [0.29, 0.717) is 5.41 Å². The Labute approximate surface area is 500 Å². The van der Waals surface area contributed by atoms with Gasteiger partial charge < -0.3 is 4.90 Å². The zero-order chi connectivity index (χ0) is 58.3. The summed E-state index contributed by atoms with van der Waals surface area (Å²) in [5.74, 6) is 0. The van der Waals surface area contributed by atoms with Gasteiger partial charge in [-0.25, -0.2) is 0 Å². The van der Waals surface area contributed by atoms with Crippen LogP contribution in [0.15, 0.2) is 262 Å². The lowest BCUT2D eigenvalue weighted by atomic mass is 9.74. The van der Waals surface area contributed by atoms with E-state index in [9.17, 15) is 0 Å².